The maximum atomic E-state index is 13.5. The predicted molar refractivity (Wildman–Crippen MR) is 141 cm³/mol. The third kappa shape index (κ3) is 6.71. The van der Waals surface area contributed by atoms with Crippen LogP contribution >= 0.6 is 23.2 Å². The lowest BCUT2D eigenvalue weighted by atomic mass is 10.1. The summed E-state index contributed by atoms with van der Waals surface area (Å²) in [7, 11) is -3.84. The first-order valence-electron chi connectivity index (χ1n) is 11.1. The summed E-state index contributed by atoms with van der Waals surface area (Å²) in [5.74, 6) is -0.236. The first-order valence-corrected chi connectivity index (χ1v) is 13.3. The van der Waals surface area contributed by atoms with Crippen LogP contribution in [0.25, 0.3) is 0 Å². The number of rotatable bonds is 9. The fraction of sp³-hybridized carbons (Fsp3) is 0.111. The van der Waals surface area contributed by atoms with Gasteiger partial charge >= 0.3 is 0 Å². The summed E-state index contributed by atoms with van der Waals surface area (Å²) in [6.45, 7) is 0.540. The first-order chi connectivity index (χ1) is 17.3. The number of amides is 1. The molecular weight excluding hydrogens is 517 g/mol. The van der Waals surface area contributed by atoms with Crippen LogP contribution in [0.5, 0.6) is 0 Å². The van der Waals surface area contributed by atoms with Crippen molar-refractivity contribution in [2.24, 2.45) is 0 Å². The number of benzene rings is 3. The summed E-state index contributed by atoms with van der Waals surface area (Å²) in [5.41, 5.74) is 2.71. The summed E-state index contributed by atoms with van der Waals surface area (Å²) in [6.07, 6.45) is 1.62. The molecule has 0 aliphatic rings. The second-order valence-electron chi connectivity index (χ2n) is 8.06. The summed E-state index contributed by atoms with van der Waals surface area (Å²) in [5, 5.41) is 3.92. The first kappa shape index (κ1) is 25.9. The number of hydrogen-bond donors (Lipinski definition) is 1. The van der Waals surface area contributed by atoms with Gasteiger partial charge in [-0.05, 0) is 71.8 Å². The summed E-state index contributed by atoms with van der Waals surface area (Å²) in [4.78, 5) is 17.0. The normalized spacial score (nSPS) is 11.4. The maximum absolute atomic E-state index is 13.5. The number of carbonyl (C=O) groups excluding carboxylic acids is 1. The van der Waals surface area contributed by atoms with Gasteiger partial charge in [-0.1, -0.05) is 53.5 Å². The molecule has 0 saturated heterocycles. The predicted octanol–water partition coefficient (Wildman–Crippen LogP) is 5.71. The number of sulfonamides is 1. The molecule has 0 radical (unpaired) electrons. The third-order valence-corrected chi connectivity index (χ3v) is 7.73. The number of nitrogens with one attached hydrogen (secondary N) is 1. The number of aromatic nitrogens is 1. The largest absolute Gasteiger partial charge is 0.348 e. The highest BCUT2D eigenvalue weighted by Gasteiger charge is 2.25. The molecule has 6 nitrogen and oxygen atoms in total. The summed E-state index contributed by atoms with van der Waals surface area (Å²) < 4.78 is 28.3. The van der Waals surface area contributed by atoms with Crippen molar-refractivity contribution in [3.63, 3.8) is 0 Å². The van der Waals surface area contributed by atoms with Gasteiger partial charge in [0, 0.05) is 34.9 Å². The molecule has 1 N–H and O–H groups in total. The molecule has 0 fully saturated rings. The summed E-state index contributed by atoms with van der Waals surface area (Å²) in [6, 6.07) is 25.5. The molecule has 0 aliphatic heterocycles. The molecule has 36 heavy (non-hydrogen) atoms. The Kier molecular flexibility index (Phi) is 8.38. The SMILES string of the molecule is O=C(NCc1cccc(Cl)c1)c1ccc(CN(Cc2ccccn2)S(=O)(=O)c2ccc(Cl)cc2)cc1. The Labute approximate surface area is 220 Å². The Morgan fingerprint density at radius 2 is 1.56 bits per heavy atom. The Balaban J connectivity index is 1.50. The highest BCUT2D eigenvalue weighted by atomic mass is 35.5. The number of carbonyl (C=O) groups is 1. The van der Waals surface area contributed by atoms with E-state index in [-0.39, 0.29) is 23.9 Å². The van der Waals surface area contributed by atoms with Gasteiger partial charge in [-0.3, -0.25) is 9.78 Å². The van der Waals surface area contributed by atoms with Crippen LogP contribution in [0.15, 0.2) is 102 Å². The second kappa shape index (κ2) is 11.7. The fourth-order valence-electron chi connectivity index (χ4n) is 3.55. The second-order valence-corrected chi connectivity index (χ2v) is 10.9. The van der Waals surface area contributed by atoms with Gasteiger partial charge in [0.25, 0.3) is 5.91 Å². The zero-order valence-electron chi connectivity index (χ0n) is 19.1. The van der Waals surface area contributed by atoms with Crippen LogP contribution in [0.4, 0.5) is 0 Å². The minimum absolute atomic E-state index is 0.0909. The van der Waals surface area contributed by atoms with E-state index in [1.807, 2.05) is 18.2 Å². The van der Waals surface area contributed by atoms with E-state index in [9.17, 15) is 13.2 Å². The molecule has 184 valence electrons. The van der Waals surface area contributed by atoms with E-state index < -0.39 is 10.0 Å². The van der Waals surface area contributed by atoms with Gasteiger partial charge in [-0.2, -0.15) is 4.31 Å². The zero-order valence-corrected chi connectivity index (χ0v) is 21.5. The van der Waals surface area contributed by atoms with Crippen LogP contribution in [0.3, 0.4) is 0 Å². The van der Waals surface area contributed by atoms with Crippen molar-refractivity contribution in [3.8, 4) is 0 Å². The number of nitrogens with zero attached hydrogens (tertiary/aromatic N) is 2. The molecule has 0 spiro atoms. The van der Waals surface area contributed by atoms with Crippen LogP contribution in [0.1, 0.15) is 27.2 Å². The van der Waals surface area contributed by atoms with Crippen molar-refractivity contribution in [1.82, 2.24) is 14.6 Å². The van der Waals surface area contributed by atoms with E-state index in [1.165, 1.54) is 16.4 Å². The third-order valence-electron chi connectivity index (χ3n) is 5.43. The molecule has 1 aromatic heterocycles. The number of halogens is 2. The lowest BCUT2D eigenvalue weighted by Crippen LogP contribution is -2.30. The molecule has 0 bridgehead atoms. The van der Waals surface area contributed by atoms with Crippen molar-refractivity contribution < 1.29 is 13.2 Å². The molecule has 1 heterocycles. The van der Waals surface area contributed by atoms with Crippen molar-refractivity contribution in [2.75, 3.05) is 0 Å². The number of pyridine rings is 1. The molecule has 4 rings (SSSR count). The Morgan fingerprint density at radius 1 is 0.806 bits per heavy atom. The molecule has 9 heteroatoms. The summed E-state index contributed by atoms with van der Waals surface area (Å²) >= 11 is 11.9. The number of hydrogen-bond acceptors (Lipinski definition) is 4. The van der Waals surface area contributed by atoms with Crippen LogP contribution in [-0.4, -0.2) is 23.6 Å². The van der Waals surface area contributed by atoms with Crippen molar-refractivity contribution in [3.05, 3.63) is 130 Å². The molecule has 0 aliphatic carbocycles. The van der Waals surface area contributed by atoms with Gasteiger partial charge in [-0.25, -0.2) is 8.42 Å². The monoisotopic (exact) mass is 539 g/mol. The van der Waals surface area contributed by atoms with Gasteiger partial charge in [0.1, 0.15) is 0 Å². The smallest absolute Gasteiger partial charge is 0.251 e. The molecule has 0 saturated carbocycles. The van der Waals surface area contributed by atoms with E-state index in [2.05, 4.69) is 10.3 Å². The quantitative estimate of drug-likeness (QED) is 0.295. The van der Waals surface area contributed by atoms with E-state index in [0.29, 0.717) is 27.8 Å². The lowest BCUT2D eigenvalue weighted by molar-refractivity contribution is 0.0951. The van der Waals surface area contributed by atoms with Crippen LogP contribution < -0.4 is 5.32 Å². The maximum Gasteiger partial charge on any atom is 0.251 e. The Morgan fingerprint density at radius 3 is 2.22 bits per heavy atom. The van der Waals surface area contributed by atoms with Gasteiger partial charge in [0.05, 0.1) is 17.1 Å². The van der Waals surface area contributed by atoms with Crippen LogP contribution in [0, 0.1) is 0 Å². The van der Waals surface area contributed by atoms with Crippen molar-refractivity contribution in [1.29, 1.82) is 0 Å². The average Bonchev–Trinajstić information content (AvgIpc) is 2.88. The van der Waals surface area contributed by atoms with Crippen molar-refractivity contribution in [2.45, 2.75) is 24.5 Å². The topological polar surface area (TPSA) is 79.4 Å². The van der Waals surface area contributed by atoms with Gasteiger partial charge in [0.2, 0.25) is 10.0 Å². The van der Waals surface area contributed by atoms with Gasteiger partial charge < -0.3 is 5.32 Å². The lowest BCUT2D eigenvalue weighted by Gasteiger charge is -2.22. The van der Waals surface area contributed by atoms with Crippen LogP contribution in [0.2, 0.25) is 10.0 Å². The molecule has 0 atom stereocenters. The minimum atomic E-state index is -3.84. The molecule has 1 amide bonds. The van der Waals surface area contributed by atoms with E-state index >= 15 is 0 Å². The minimum Gasteiger partial charge on any atom is -0.348 e. The van der Waals surface area contributed by atoms with E-state index in [0.717, 1.165) is 11.1 Å². The fourth-order valence-corrected chi connectivity index (χ4v) is 5.29. The molecular formula is C27H23Cl2N3O3S. The zero-order chi connectivity index (χ0) is 25.5. The van der Waals surface area contributed by atoms with Gasteiger partial charge in [0.15, 0.2) is 0 Å². The Hall–Kier alpha value is -3.23. The van der Waals surface area contributed by atoms with Crippen LogP contribution in [-0.2, 0) is 29.7 Å². The molecule has 0 unspecified atom stereocenters. The van der Waals surface area contributed by atoms with E-state index in [1.54, 1.807) is 66.9 Å². The highest BCUT2D eigenvalue weighted by Crippen LogP contribution is 2.22. The Bertz CT molecular complexity index is 1430. The highest BCUT2D eigenvalue weighted by molar-refractivity contribution is 7.89. The standard InChI is InChI=1S/C27H23Cl2N3O3S/c28-23-11-13-26(14-12-23)36(34,35)32(19-25-6-1-2-15-30-25)18-20-7-9-22(10-8-20)27(33)31-17-21-4-3-5-24(29)16-21/h1-16H,17-19H2,(H,31,33). The van der Waals surface area contributed by atoms with Crippen molar-refractivity contribution >= 4 is 39.1 Å². The van der Waals surface area contributed by atoms with E-state index in [4.69, 9.17) is 23.2 Å². The molecule has 4 aromatic rings. The molecule has 3 aromatic carbocycles. The average molecular weight is 540 g/mol. The van der Waals surface area contributed by atoms with Gasteiger partial charge in [-0.15, -0.1) is 0 Å².